The lowest BCUT2D eigenvalue weighted by atomic mass is 9.48. The summed E-state index contributed by atoms with van der Waals surface area (Å²) in [6.07, 6.45) is 6.72. The monoisotopic (exact) mass is 373 g/mol. The first-order chi connectivity index (χ1) is 12.6. The number of carbonyl (C=O) groups excluding carboxylic acids is 1. The zero-order valence-corrected chi connectivity index (χ0v) is 16.5. The second-order valence-corrected chi connectivity index (χ2v) is 10.2. The summed E-state index contributed by atoms with van der Waals surface area (Å²) >= 11 is 0. The van der Waals surface area contributed by atoms with E-state index in [1.165, 1.54) is 19.3 Å². The van der Waals surface area contributed by atoms with E-state index in [1.54, 1.807) is 6.07 Å². The van der Waals surface area contributed by atoms with Gasteiger partial charge in [-0.25, -0.2) is 4.79 Å². The average Bonchev–Trinajstić information content (AvgIpc) is 2.56. The lowest BCUT2D eigenvalue weighted by molar-refractivity contribution is -0.118. The minimum Gasteiger partial charge on any atom is -0.391 e. The van der Waals surface area contributed by atoms with E-state index < -0.39 is 17.7 Å². The van der Waals surface area contributed by atoms with Crippen LogP contribution in [0.4, 0.5) is 0 Å². The smallest absolute Gasteiger partial charge is 0.345 e. The maximum atomic E-state index is 12.6. The van der Waals surface area contributed by atoms with Crippen molar-refractivity contribution in [2.45, 2.75) is 70.8 Å². The van der Waals surface area contributed by atoms with Gasteiger partial charge < -0.3 is 15.4 Å². The van der Waals surface area contributed by atoms with Crippen molar-refractivity contribution in [2.75, 3.05) is 6.54 Å². The molecular formula is C21H31N3O3. The molecule has 0 radical (unpaired) electrons. The van der Waals surface area contributed by atoms with Crippen molar-refractivity contribution < 1.29 is 9.90 Å². The van der Waals surface area contributed by atoms with Gasteiger partial charge in [0.15, 0.2) is 0 Å². The number of carbonyl (C=O) groups is 1. The summed E-state index contributed by atoms with van der Waals surface area (Å²) in [7, 11) is 0. The van der Waals surface area contributed by atoms with Crippen LogP contribution in [0.1, 0.15) is 75.5 Å². The van der Waals surface area contributed by atoms with Crippen molar-refractivity contribution in [3.05, 3.63) is 27.9 Å². The lowest BCUT2D eigenvalue weighted by Crippen LogP contribution is -2.54. The number of aromatic amines is 1. The summed E-state index contributed by atoms with van der Waals surface area (Å²) in [6, 6.07) is 1.63. The summed E-state index contributed by atoms with van der Waals surface area (Å²) < 4.78 is 0. The Morgan fingerprint density at radius 3 is 2.33 bits per heavy atom. The number of aromatic nitrogens is 2. The molecule has 1 aromatic heterocycles. The third kappa shape index (κ3) is 3.56. The summed E-state index contributed by atoms with van der Waals surface area (Å²) in [5.74, 6) is 1.87. The fourth-order valence-corrected chi connectivity index (χ4v) is 6.06. The van der Waals surface area contributed by atoms with E-state index in [-0.39, 0.29) is 23.1 Å². The molecule has 6 heteroatoms. The number of aliphatic hydroxyl groups excluding tert-OH is 1. The van der Waals surface area contributed by atoms with Crippen molar-refractivity contribution in [1.29, 1.82) is 0 Å². The van der Waals surface area contributed by atoms with Gasteiger partial charge in [0.2, 0.25) is 0 Å². The quantitative estimate of drug-likeness (QED) is 0.755. The number of hydrogen-bond acceptors (Lipinski definition) is 4. The molecule has 3 N–H and O–H groups in total. The van der Waals surface area contributed by atoms with Crippen LogP contribution < -0.4 is 11.0 Å². The van der Waals surface area contributed by atoms with E-state index >= 15 is 0 Å². The molecule has 0 aromatic carbocycles. The molecule has 27 heavy (non-hydrogen) atoms. The van der Waals surface area contributed by atoms with Crippen LogP contribution in [0.2, 0.25) is 0 Å². The van der Waals surface area contributed by atoms with Crippen LogP contribution in [0.5, 0.6) is 0 Å². The van der Waals surface area contributed by atoms with Crippen LogP contribution >= 0.6 is 0 Å². The van der Waals surface area contributed by atoms with Crippen LogP contribution in [0.25, 0.3) is 0 Å². The normalized spacial score (nSPS) is 33.1. The van der Waals surface area contributed by atoms with Gasteiger partial charge in [0.1, 0.15) is 5.69 Å². The first-order valence-electron chi connectivity index (χ1n) is 10.2. The van der Waals surface area contributed by atoms with Gasteiger partial charge in [-0.2, -0.15) is 4.98 Å². The number of H-pyrrole nitrogens is 1. The van der Waals surface area contributed by atoms with Crippen LogP contribution in [0.15, 0.2) is 10.9 Å². The maximum Gasteiger partial charge on any atom is 0.345 e. The van der Waals surface area contributed by atoms with E-state index in [1.807, 2.05) is 20.8 Å². The largest absolute Gasteiger partial charge is 0.391 e. The minimum absolute atomic E-state index is 0.0276. The molecule has 4 aliphatic rings. The molecule has 5 rings (SSSR count). The fraction of sp³-hybridized carbons (Fsp3) is 0.762. The second-order valence-electron chi connectivity index (χ2n) is 10.2. The van der Waals surface area contributed by atoms with Gasteiger partial charge in [-0.3, -0.25) is 4.79 Å². The first-order valence-corrected chi connectivity index (χ1v) is 10.2. The fourth-order valence-electron chi connectivity index (χ4n) is 6.06. The first kappa shape index (κ1) is 18.7. The third-order valence-corrected chi connectivity index (χ3v) is 7.03. The van der Waals surface area contributed by atoms with Crippen molar-refractivity contribution in [3.8, 4) is 0 Å². The number of rotatable bonds is 4. The summed E-state index contributed by atoms with van der Waals surface area (Å²) in [5, 5.41) is 13.8. The summed E-state index contributed by atoms with van der Waals surface area (Å²) in [5.41, 5.74) is -0.0411. The Kier molecular flexibility index (Phi) is 4.45. The highest BCUT2D eigenvalue weighted by Gasteiger charge is 2.53. The predicted octanol–water partition coefficient (Wildman–Crippen LogP) is 2.37. The molecule has 148 valence electrons. The van der Waals surface area contributed by atoms with Crippen molar-refractivity contribution >= 4 is 5.91 Å². The number of hydrogen-bond donors (Lipinski definition) is 3. The van der Waals surface area contributed by atoms with Gasteiger partial charge in [-0.15, -0.1) is 0 Å². The van der Waals surface area contributed by atoms with Gasteiger partial charge in [0, 0.05) is 17.7 Å². The highest BCUT2D eigenvalue weighted by atomic mass is 16.3. The zero-order chi connectivity index (χ0) is 19.4. The third-order valence-electron chi connectivity index (χ3n) is 7.03. The van der Waals surface area contributed by atoms with Gasteiger partial charge in [0.05, 0.1) is 6.10 Å². The van der Waals surface area contributed by atoms with Gasteiger partial charge in [-0.05, 0) is 67.8 Å². The number of nitrogens with zero attached hydrogens (tertiary/aromatic N) is 1. The Hall–Kier alpha value is -1.69. The maximum absolute atomic E-state index is 12.6. The molecule has 0 spiro atoms. The standard InChI is InChI=1S/C21H31N3O3/c1-20(2,3)16-7-15(23-19(27)24-16)18(26)22-11-17(25)21-8-12-4-13(9-21)6-14(5-12)10-21/h7,12-14,17,25H,4-6,8-11H2,1-3H3,(H,22,26)(H,23,24,27)/t12?,13?,14?,17-,21?/m0/s1. The number of nitrogens with one attached hydrogen (secondary N) is 2. The molecule has 0 saturated heterocycles. The van der Waals surface area contributed by atoms with Crippen LogP contribution in [0.3, 0.4) is 0 Å². The zero-order valence-electron chi connectivity index (χ0n) is 16.5. The van der Waals surface area contributed by atoms with Crippen LogP contribution in [-0.4, -0.2) is 33.6 Å². The van der Waals surface area contributed by atoms with E-state index in [0.29, 0.717) is 5.69 Å². The molecule has 4 aliphatic carbocycles. The van der Waals surface area contributed by atoms with Crippen molar-refractivity contribution in [2.24, 2.45) is 23.2 Å². The molecular weight excluding hydrogens is 342 g/mol. The molecule has 6 nitrogen and oxygen atoms in total. The van der Waals surface area contributed by atoms with Crippen molar-refractivity contribution in [3.63, 3.8) is 0 Å². The van der Waals surface area contributed by atoms with E-state index in [9.17, 15) is 14.7 Å². The van der Waals surface area contributed by atoms with Crippen LogP contribution in [-0.2, 0) is 5.41 Å². The molecule has 1 aromatic rings. The Bertz CT molecular complexity index is 757. The lowest BCUT2D eigenvalue weighted by Gasteiger charge is -2.58. The Labute approximate surface area is 160 Å². The number of aliphatic hydroxyl groups is 1. The Balaban J connectivity index is 1.44. The highest BCUT2D eigenvalue weighted by molar-refractivity contribution is 5.92. The van der Waals surface area contributed by atoms with Gasteiger partial charge >= 0.3 is 5.69 Å². The van der Waals surface area contributed by atoms with Crippen molar-refractivity contribution in [1.82, 2.24) is 15.3 Å². The van der Waals surface area contributed by atoms with Gasteiger partial charge in [-0.1, -0.05) is 20.8 Å². The molecule has 4 saturated carbocycles. The summed E-state index contributed by atoms with van der Waals surface area (Å²) in [6.45, 7) is 6.13. The molecule has 0 unspecified atom stereocenters. The molecule has 4 fully saturated rings. The minimum atomic E-state index is -0.529. The Morgan fingerprint density at radius 1 is 1.26 bits per heavy atom. The highest BCUT2D eigenvalue weighted by Crippen LogP contribution is 2.61. The van der Waals surface area contributed by atoms with E-state index in [0.717, 1.165) is 37.0 Å². The number of amides is 1. The summed E-state index contributed by atoms with van der Waals surface area (Å²) in [4.78, 5) is 30.9. The molecule has 4 bridgehead atoms. The Morgan fingerprint density at radius 2 is 1.81 bits per heavy atom. The average molecular weight is 373 g/mol. The van der Waals surface area contributed by atoms with Crippen LogP contribution in [0, 0.1) is 23.2 Å². The molecule has 1 amide bonds. The van der Waals surface area contributed by atoms with Gasteiger partial charge in [0.25, 0.3) is 5.91 Å². The molecule has 0 aliphatic heterocycles. The van der Waals surface area contributed by atoms with E-state index in [4.69, 9.17) is 0 Å². The second kappa shape index (κ2) is 6.43. The SMILES string of the molecule is CC(C)(C)c1cc(C(=O)NC[C@H](O)C23CC4CC(CC(C4)C2)C3)nc(=O)[nH]1. The van der Waals surface area contributed by atoms with E-state index in [2.05, 4.69) is 15.3 Å². The topological polar surface area (TPSA) is 95.1 Å². The molecule has 1 atom stereocenters. The molecule has 1 heterocycles. The predicted molar refractivity (Wildman–Crippen MR) is 103 cm³/mol.